The average Bonchev–Trinajstić information content (AvgIpc) is 3.74. The number of nitrogens with zero attached hydrogens (tertiary/aromatic N) is 4. The lowest BCUT2D eigenvalue weighted by atomic mass is 9.97. The molecule has 4 heteroatoms. The fourth-order valence-corrected chi connectivity index (χ4v) is 6.78. The van der Waals surface area contributed by atoms with Crippen LogP contribution in [0.15, 0.2) is 206 Å². The van der Waals surface area contributed by atoms with Crippen molar-refractivity contribution in [3.05, 3.63) is 206 Å². The molecule has 4 nitrogen and oxygen atoms in total. The molecule has 55 heavy (non-hydrogen) atoms. The zero-order valence-corrected chi connectivity index (χ0v) is 29.0. The Morgan fingerprint density at radius 3 is 1.60 bits per heavy atom. The molecule has 0 aliphatic heterocycles. The minimum atomic E-state index is -0.700. The van der Waals surface area contributed by atoms with Crippen LogP contribution in [-0.2, 0) is 0 Å². The van der Waals surface area contributed by atoms with Gasteiger partial charge in [0.25, 0.3) is 0 Å². The molecule has 2 aromatic heterocycles. The summed E-state index contributed by atoms with van der Waals surface area (Å²) in [7, 11) is 0. The SMILES string of the molecule is [2H]c1c([2H])c([2H])c(-c2c([2H])c([2H])c3c4c([2H])c([2H])c([2H])c([2H])c4n(-c4ccc(-c5cccc(-c6ccccc6)c5)cc4-c4nc(-c5ccccc5)nc(-c5ccccc5)n4)c3c2[2H])c([2H])c1[2H]. The summed E-state index contributed by atoms with van der Waals surface area (Å²) in [6.45, 7) is 0. The van der Waals surface area contributed by atoms with Crippen molar-refractivity contribution in [2.45, 2.75) is 0 Å². The summed E-state index contributed by atoms with van der Waals surface area (Å²) in [5.41, 5.74) is 4.18. The fraction of sp³-hybridized carbons (Fsp3) is 0. The maximum atomic E-state index is 9.91. The molecule has 258 valence electrons. The van der Waals surface area contributed by atoms with Crippen molar-refractivity contribution in [3.8, 4) is 73.2 Å². The third-order valence-electron chi connectivity index (χ3n) is 9.39. The van der Waals surface area contributed by atoms with E-state index < -0.39 is 83.6 Å². The van der Waals surface area contributed by atoms with Crippen LogP contribution in [0.25, 0.3) is 95.0 Å². The minimum absolute atomic E-state index is 0.124. The zero-order chi connectivity index (χ0) is 47.0. The van der Waals surface area contributed by atoms with E-state index >= 15 is 0 Å². The van der Waals surface area contributed by atoms with Crippen molar-refractivity contribution in [2.24, 2.45) is 0 Å². The normalized spacial score (nSPS) is 14.3. The third-order valence-corrected chi connectivity index (χ3v) is 9.39. The maximum absolute atomic E-state index is 9.91. The Labute approximate surface area is 336 Å². The highest BCUT2D eigenvalue weighted by Gasteiger charge is 2.21. The van der Waals surface area contributed by atoms with Crippen LogP contribution < -0.4 is 0 Å². The molecular weight excluding hydrogens is 669 g/mol. The van der Waals surface area contributed by atoms with Crippen LogP contribution in [0.5, 0.6) is 0 Å². The lowest BCUT2D eigenvalue weighted by Crippen LogP contribution is -2.04. The minimum Gasteiger partial charge on any atom is -0.308 e. The summed E-state index contributed by atoms with van der Waals surface area (Å²) in [4.78, 5) is 15.0. The van der Waals surface area contributed by atoms with E-state index in [-0.39, 0.29) is 33.3 Å². The highest BCUT2D eigenvalue weighted by Crippen LogP contribution is 2.40. The number of fused-ring (bicyclic) bond motifs is 3. The molecule has 8 aromatic carbocycles. The number of hydrogen-bond donors (Lipinski definition) is 0. The van der Waals surface area contributed by atoms with E-state index in [1.165, 1.54) is 4.57 Å². The zero-order valence-electron chi connectivity index (χ0n) is 41.0. The van der Waals surface area contributed by atoms with Gasteiger partial charge in [0.1, 0.15) is 0 Å². The fourth-order valence-electron chi connectivity index (χ4n) is 6.78. The molecular formula is C51H34N4. The number of para-hydroxylation sites is 1. The lowest BCUT2D eigenvalue weighted by Gasteiger charge is -2.17. The predicted molar refractivity (Wildman–Crippen MR) is 227 cm³/mol. The summed E-state index contributed by atoms with van der Waals surface area (Å²) in [6.07, 6.45) is 0. The molecule has 0 fully saturated rings. The maximum Gasteiger partial charge on any atom is 0.166 e. The Kier molecular flexibility index (Phi) is 5.52. The predicted octanol–water partition coefficient (Wildman–Crippen LogP) is 13.0. The second-order valence-corrected chi connectivity index (χ2v) is 12.7. The summed E-state index contributed by atoms with van der Waals surface area (Å²) in [6, 6.07) is 34.4. The van der Waals surface area contributed by atoms with Crippen molar-refractivity contribution in [2.75, 3.05) is 0 Å². The molecule has 0 spiro atoms. The Hall–Kier alpha value is -7.43. The van der Waals surface area contributed by atoms with Gasteiger partial charge in [0.15, 0.2) is 17.5 Å². The van der Waals surface area contributed by atoms with E-state index in [0.29, 0.717) is 33.9 Å². The van der Waals surface area contributed by atoms with Gasteiger partial charge in [0.05, 0.1) is 33.2 Å². The monoisotopic (exact) mass is 714 g/mol. The van der Waals surface area contributed by atoms with Gasteiger partial charge in [-0.3, -0.25) is 0 Å². The largest absolute Gasteiger partial charge is 0.308 e. The van der Waals surface area contributed by atoms with E-state index in [1.807, 2.05) is 127 Å². The molecule has 0 aliphatic carbocycles. The second-order valence-electron chi connectivity index (χ2n) is 12.7. The van der Waals surface area contributed by atoms with Gasteiger partial charge in [0, 0.05) is 27.5 Å². The molecule has 0 unspecified atom stereocenters. The molecule has 0 radical (unpaired) electrons. The average molecular weight is 715 g/mol. The molecule has 0 saturated heterocycles. The summed E-state index contributed by atoms with van der Waals surface area (Å²) >= 11 is 0. The van der Waals surface area contributed by atoms with Gasteiger partial charge < -0.3 is 4.57 Å². The summed E-state index contributed by atoms with van der Waals surface area (Å²) in [5, 5.41) is -0.305. The van der Waals surface area contributed by atoms with E-state index in [0.717, 1.165) is 16.7 Å². The molecule has 10 aromatic rings. The van der Waals surface area contributed by atoms with Gasteiger partial charge in [0.2, 0.25) is 0 Å². The molecule has 0 atom stereocenters. The van der Waals surface area contributed by atoms with Crippen LogP contribution in [0, 0.1) is 0 Å². The van der Waals surface area contributed by atoms with Gasteiger partial charge in [-0.2, -0.15) is 0 Å². The quantitative estimate of drug-likeness (QED) is 0.165. The Balaban J connectivity index is 1.38. The Morgan fingerprint density at radius 1 is 0.364 bits per heavy atom. The van der Waals surface area contributed by atoms with Gasteiger partial charge in [-0.05, 0) is 63.7 Å². The first kappa shape index (κ1) is 21.9. The highest BCUT2D eigenvalue weighted by atomic mass is 15.1. The number of hydrogen-bond acceptors (Lipinski definition) is 3. The van der Waals surface area contributed by atoms with Crippen LogP contribution in [0.4, 0.5) is 0 Å². The molecule has 0 N–H and O–H groups in total. The molecule has 2 heterocycles. The van der Waals surface area contributed by atoms with Crippen molar-refractivity contribution in [1.82, 2.24) is 19.5 Å². The van der Waals surface area contributed by atoms with E-state index in [1.54, 1.807) is 6.07 Å². The molecule has 0 aliphatic rings. The Morgan fingerprint density at radius 2 is 0.909 bits per heavy atom. The first-order chi connectivity index (χ1) is 32.3. The highest BCUT2D eigenvalue weighted by molar-refractivity contribution is 6.10. The second kappa shape index (κ2) is 13.8. The van der Waals surface area contributed by atoms with Crippen molar-refractivity contribution < 1.29 is 16.4 Å². The van der Waals surface area contributed by atoms with E-state index in [9.17, 15) is 6.85 Å². The van der Waals surface area contributed by atoms with E-state index in [2.05, 4.69) is 0 Å². The van der Waals surface area contributed by atoms with Crippen molar-refractivity contribution in [1.29, 1.82) is 0 Å². The van der Waals surface area contributed by atoms with Gasteiger partial charge >= 0.3 is 0 Å². The Bertz CT molecular complexity index is 3570. The molecule has 0 amide bonds. The molecule has 0 saturated carbocycles. The van der Waals surface area contributed by atoms with E-state index in [4.69, 9.17) is 24.5 Å². The van der Waals surface area contributed by atoms with Crippen LogP contribution in [0.1, 0.15) is 16.4 Å². The number of benzene rings is 8. The summed E-state index contributed by atoms with van der Waals surface area (Å²) in [5.74, 6) is 0.807. The van der Waals surface area contributed by atoms with Gasteiger partial charge in [-0.25, -0.2) is 15.0 Å². The number of aromatic nitrogens is 4. The van der Waals surface area contributed by atoms with Gasteiger partial charge in [-0.1, -0.05) is 176 Å². The lowest BCUT2D eigenvalue weighted by molar-refractivity contribution is 1.06. The standard InChI is InChI=1S/C51H34N4/c1-5-16-35(17-6-1)39-24-15-25-40(32-39)41-29-31-47(55-46-27-14-13-26-43(46)44-30-28-42(34-48(44)55)36-18-7-2-8-19-36)45(33-41)51-53-49(37-20-9-3-10-21-37)52-50(54-51)38-22-11-4-12-23-38/h1-34H/i2D,7D,8D,13D,14D,18D,19D,26D,27D,28D,30D,34D. The first-order valence-electron chi connectivity index (χ1n) is 23.6. The topological polar surface area (TPSA) is 43.6 Å². The van der Waals surface area contributed by atoms with Crippen molar-refractivity contribution >= 4 is 21.8 Å². The molecule has 0 bridgehead atoms. The van der Waals surface area contributed by atoms with Crippen molar-refractivity contribution in [3.63, 3.8) is 0 Å². The van der Waals surface area contributed by atoms with Crippen LogP contribution in [-0.4, -0.2) is 19.5 Å². The number of rotatable bonds is 7. The van der Waals surface area contributed by atoms with Crippen LogP contribution >= 0.6 is 0 Å². The third kappa shape index (κ3) is 6.06. The first-order valence-corrected chi connectivity index (χ1v) is 17.6. The molecule has 10 rings (SSSR count). The van der Waals surface area contributed by atoms with Gasteiger partial charge in [-0.15, -0.1) is 0 Å². The van der Waals surface area contributed by atoms with Crippen LogP contribution in [0.3, 0.4) is 0 Å². The van der Waals surface area contributed by atoms with Crippen LogP contribution in [0.2, 0.25) is 0 Å². The summed E-state index contributed by atoms with van der Waals surface area (Å²) < 4.78 is 109. The smallest absolute Gasteiger partial charge is 0.166 e.